The molecule has 0 aliphatic rings. The molecule has 0 aliphatic carbocycles. The summed E-state index contributed by atoms with van der Waals surface area (Å²) in [7, 11) is 0. The van der Waals surface area contributed by atoms with Crippen molar-refractivity contribution < 1.29 is 5.11 Å². The number of hydrogen-bond acceptors (Lipinski definition) is 1. The minimum atomic E-state index is -1.03. The fourth-order valence-corrected chi connectivity index (χ4v) is 10.5. The minimum absolute atomic E-state index is 0.108. The Kier molecular flexibility index (Phi) is 6.66. The average molecular weight is 508 g/mol. The van der Waals surface area contributed by atoms with E-state index in [1.54, 1.807) is 0 Å². The molecule has 0 saturated carbocycles. The molecule has 0 spiro atoms. The van der Waals surface area contributed by atoms with E-state index < -0.39 is 5.60 Å². The van der Waals surface area contributed by atoms with E-state index in [4.69, 9.17) is 0 Å². The van der Waals surface area contributed by atoms with E-state index in [1.165, 1.54) is 8.92 Å². The van der Waals surface area contributed by atoms with E-state index >= 15 is 0 Å². The second-order valence-electron chi connectivity index (χ2n) is 6.69. The van der Waals surface area contributed by atoms with Crippen LogP contribution in [0.5, 0.6) is 0 Å². The Morgan fingerprint density at radius 3 is 1.14 bits per heavy atom. The topological polar surface area (TPSA) is 20.2 Å². The van der Waals surface area contributed by atoms with Crippen LogP contribution in [0.25, 0.3) is 0 Å². The van der Waals surface area contributed by atoms with Gasteiger partial charge in [0.2, 0.25) is 0 Å². The van der Waals surface area contributed by atoms with Gasteiger partial charge in [0.25, 0.3) is 0 Å². The quantitative estimate of drug-likeness (QED) is 0.378. The van der Waals surface area contributed by atoms with Gasteiger partial charge in [-0.25, -0.2) is 0 Å². The second-order valence-corrected chi connectivity index (χ2v) is 13.2. The number of rotatable bonds is 7. The second kappa shape index (κ2) is 9.59. The zero-order valence-electron chi connectivity index (χ0n) is 15.9. The molecule has 1 nitrogen and oxygen atoms in total. The molecule has 3 heteroatoms. The fourth-order valence-electron chi connectivity index (χ4n) is 3.26. The van der Waals surface area contributed by atoms with E-state index in [0.29, 0.717) is 0 Å². The zero-order valence-corrected chi connectivity index (χ0v) is 19.3. The Morgan fingerprint density at radius 1 is 0.483 bits per heavy atom. The predicted octanol–water partition coefficient (Wildman–Crippen LogP) is 3.73. The van der Waals surface area contributed by atoms with E-state index in [0.717, 1.165) is 11.1 Å². The summed E-state index contributed by atoms with van der Waals surface area (Å²) in [5.74, 6) is 0. The van der Waals surface area contributed by atoms with Crippen molar-refractivity contribution >= 4 is 38.8 Å². The molecule has 1 N–H and O–H groups in total. The Bertz CT molecular complexity index is 925. The SMILES string of the molecule is OC(c1ccccc1)(c1ccccc1)C([Se]c1ccccc1)[Se]c1ccccc1. The predicted molar refractivity (Wildman–Crippen MR) is 123 cm³/mol. The summed E-state index contributed by atoms with van der Waals surface area (Å²) in [5.41, 5.74) is 0.896. The standard InChI is InChI=1S/C26H22OSe2/c27-26(21-13-5-1-6-14-21,22-15-7-2-8-16-22)25(28-23-17-9-3-10-18-23)29-24-19-11-4-12-20-24/h1-20,25,27H. The number of aliphatic hydroxyl groups is 1. The molecule has 0 fully saturated rings. The summed E-state index contributed by atoms with van der Waals surface area (Å²) < 4.78 is 2.73. The molecule has 0 aliphatic heterocycles. The first kappa shape index (κ1) is 20.2. The van der Waals surface area contributed by atoms with Crippen molar-refractivity contribution in [1.82, 2.24) is 0 Å². The zero-order chi connectivity index (χ0) is 19.9. The van der Waals surface area contributed by atoms with E-state index in [1.807, 2.05) is 36.4 Å². The molecule has 4 aromatic carbocycles. The van der Waals surface area contributed by atoms with Crippen LogP contribution >= 0.6 is 0 Å². The normalized spacial score (nSPS) is 11.5. The fraction of sp³-hybridized carbons (Fsp3) is 0.0769. The summed E-state index contributed by atoms with van der Waals surface area (Å²) in [6, 6.07) is 41.5. The van der Waals surface area contributed by atoms with Gasteiger partial charge < -0.3 is 0 Å². The first-order valence-corrected chi connectivity index (χ1v) is 13.2. The molecule has 4 aromatic rings. The van der Waals surface area contributed by atoms with Crippen LogP contribution < -0.4 is 8.92 Å². The van der Waals surface area contributed by atoms with Crippen molar-refractivity contribution in [1.29, 1.82) is 0 Å². The monoisotopic (exact) mass is 510 g/mol. The summed E-state index contributed by atoms with van der Waals surface area (Å²) in [4.78, 5) is 0. The summed E-state index contributed by atoms with van der Waals surface area (Å²) >= 11 is 0.217. The summed E-state index contributed by atoms with van der Waals surface area (Å²) in [6.45, 7) is 0. The third kappa shape index (κ3) is 4.73. The van der Waals surface area contributed by atoms with Crippen molar-refractivity contribution in [3.63, 3.8) is 0 Å². The van der Waals surface area contributed by atoms with Crippen LogP contribution in [0, 0.1) is 0 Å². The molecular formula is C26H22OSe2. The van der Waals surface area contributed by atoms with Crippen molar-refractivity contribution in [2.24, 2.45) is 0 Å². The van der Waals surface area contributed by atoms with Crippen LogP contribution in [0.3, 0.4) is 0 Å². The van der Waals surface area contributed by atoms with Gasteiger partial charge in [0.05, 0.1) is 0 Å². The molecule has 0 amide bonds. The third-order valence-electron chi connectivity index (χ3n) is 4.74. The van der Waals surface area contributed by atoms with Crippen LogP contribution in [0.2, 0.25) is 3.71 Å². The van der Waals surface area contributed by atoms with Gasteiger partial charge in [0.15, 0.2) is 0 Å². The van der Waals surface area contributed by atoms with Gasteiger partial charge >= 0.3 is 186 Å². The Morgan fingerprint density at radius 2 is 0.793 bits per heavy atom. The van der Waals surface area contributed by atoms with E-state index in [9.17, 15) is 5.11 Å². The van der Waals surface area contributed by atoms with Gasteiger partial charge in [-0.3, -0.25) is 0 Å². The van der Waals surface area contributed by atoms with Crippen molar-refractivity contribution in [2.45, 2.75) is 9.32 Å². The molecule has 144 valence electrons. The van der Waals surface area contributed by atoms with Gasteiger partial charge in [-0.2, -0.15) is 0 Å². The van der Waals surface area contributed by atoms with Crippen molar-refractivity contribution in [3.05, 3.63) is 132 Å². The summed E-state index contributed by atoms with van der Waals surface area (Å²) in [6.07, 6.45) is 0. The number of hydrogen-bond donors (Lipinski definition) is 1. The maximum absolute atomic E-state index is 12.4. The van der Waals surface area contributed by atoms with E-state index in [-0.39, 0.29) is 33.6 Å². The Balaban J connectivity index is 1.83. The average Bonchev–Trinajstić information content (AvgIpc) is 2.81. The molecular weight excluding hydrogens is 486 g/mol. The van der Waals surface area contributed by atoms with Gasteiger partial charge in [-0.05, 0) is 0 Å². The van der Waals surface area contributed by atoms with Gasteiger partial charge in [-0.1, -0.05) is 0 Å². The Hall–Kier alpha value is -2.12. The molecule has 0 unspecified atom stereocenters. The molecule has 29 heavy (non-hydrogen) atoms. The van der Waals surface area contributed by atoms with Crippen LogP contribution in [-0.2, 0) is 5.60 Å². The molecule has 0 bridgehead atoms. The molecule has 4 rings (SSSR count). The van der Waals surface area contributed by atoms with Crippen LogP contribution in [0.15, 0.2) is 121 Å². The molecule has 0 radical (unpaired) electrons. The van der Waals surface area contributed by atoms with Gasteiger partial charge in [-0.15, -0.1) is 0 Å². The third-order valence-corrected chi connectivity index (χ3v) is 11.5. The molecule has 0 atom stereocenters. The summed E-state index contributed by atoms with van der Waals surface area (Å²) in [5, 5.41) is 12.4. The van der Waals surface area contributed by atoms with Crippen LogP contribution in [0.1, 0.15) is 11.1 Å². The van der Waals surface area contributed by atoms with Gasteiger partial charge in [0, 0.05) is 0 Å². The first-order valence-electron chi connectivity index (χ1n) is 9.53. The van der Waals surface area contributed by atoms with E-state index in [2.05, 4.69) is 84.9 Å². The van der Waals surface area contributed by atoms with Crippen molar-refractivity contribution in [2.75, 3.05) is 0 Å². The molecule has 0 heterocycles. The Labute approximate surface area is 185 Å². The van der Waals surface area contributed by atoms with Crippen LogP contribution in [0.4, 0.5) is 0 Å². The van der Waals surface area contributed by atoms with Crippen LogP contribution in [-0.4, -0.2) is 35.0 Å². The van der Waals surface area contributed by atoms with Crippen molar-refractivity contribution in [3.8, 4) is 0 Å². The maximum atomic E-state index is 12.4. The molecule has 0 aromatic heterocycles. The first-order chi connectivity index (χ1) is 14.3. The number of benzene rings is 4. The molecule has 0 saturated heterocycles. The van der Waals surface area contributed by atoms with Gasteiger partial charge in [0.1, 0.15) is 0 Å².